The van der Waals surface area contributed by atoms with Gasteiger partial charge in [0, 0.05) is 7.05 Å². The van der Waals surface area contributed by atoms with Crippen molar-refractivity contribution in [2.75, 3.05) is 0 Å². The number of para-hydroxylation sites is 1. The summed E-state index contributed by atoms with van der Waals surface area (Å²) in [5, 5.41) is 4.50. The van der Waals surface area contributed by atoms with Gasteiger partial charge in [0.15, 0.2) is 0 Å². The van der Waals surface area contributed by atoms with Crippen LogP contribution in [0.1, 0.15) is 5.56 Å². The Morgan fingerprint density at radius 2 is 2.17 bits per heavy atom. The molecule has 6 heteroatoms. The van der Waals surface area contributed by atoms with Gasteiger partial charge in [-0.1, -0.05) is 18.2 Å². The first-order valence-corrected chi connectivity index (χ1v) is 5.27. The third-order valence-corrected chi connectivity index (χ3v) is 2.54. The molecule has 0 saturated carbocycles. The molecule has 0 aliphatic carbocycles. The summed E-state index contributed by atoms with van der Waals surface area (Å²) >= 11 is 0. The molecule has 0 aliphatic rings. The van der Waals surface area contributed by atoms with E-state index in [4.69, 9.17) is 5.73 Å². The molecule has 2 aromatic rings. The normalized spacial score (nSPS) is 10.9. The van der Waals surface area contributed by atoms with Crippen molar-refractivity contribution < 1.29 is 4.79 Å². The molecule has 2 amide bonds. The Labute approximate surface area is 103 Å². The zero-order valence-electron chi connectivity index (χ0n) is 9.75. The lowest BCUT2D eigenvalue weighted by atomic mass is 10.1. The lowest BCUT2D eigenvalue weighted by Gasteiger charge is -2.05. The van der Waals surface area contributed by atoms with Gasteiger partial charge in [0.1, 0.15) is 0 Å². The van der Waals surface area contributed by atoms with Crippen LogP contribution in [0.5, 0.6) is 0 Å². The quantitative estimate of drug-likeness (QED) is 0.596. The number of hydrogen-bond donors (Lipinski definition) is 2. The highest BCUT2D eigenvalue weighted by molar-refractivity contribution is 5.88. The first-order chi connectivity index (χ1) is 8.59. The van der Waals surface area contributed by atoms with Crippen LogP contribution < -0.4 is 16.7 Å². The zero-order valence-corrected chi connectivity index (χ0v) is 9.75. The Balaban J connectivity index is 2.52. The molecule has 18 heavy (non-hydrogen) atoms. The van der Waals surface area contributed by atoms with Gasteiger partial charge in [-0.25, -0.2) is 10.2 Å². The van der Waals surface area contributed by atoms with Crippen molar-refractivity contribution in [1.29, 1.82) is 0 Å². The van der Waals surface area contributed by atoms with Crippen LogP contribution in [0.4, 0.5) is 4.79 Å². The van der Waals surface area contributed by atoms with Crippen LogP contribution in [0.25, 0.3) is 10.9 Å². The Morgan fingerprint density at radius 3 is 2.89 bits per heavy atom. The Morgan fingerprint density at radius 1 is 1.44 bits per heavy atom. The molecular formula is C12H12N4O2. The third kappa shape index (κ3) is 2.22. The number of carbonyl (C=O) groups excluding carboxylic acids is 1. The monoisotopic (exact) mass is 244 g/mol. The van der Waals surface area contributed by atoms with Crippen LogP contribution in [0.2, 0.25) is 0 Å². The predicted molar refractivity (Wildman–Crippen MR) is 69.5 cm³/mol. The number of rotatable bonds is 2. The average molecular weight is 244 g/mol. The van der Waals surface area contributed by atoms with E-state index >= 15 is 0 Å². The highest BCUT2D eigenvalue weighted by Gasteiger charge is 2.04. The number of pyridine rings is 1. The maximum Gasteiger partial charge on any atom is 0.332 e. The minimum Gasteiger partial charge on any atom is -0.350 e. The highest BCUT2D eigenvalue weighted by atomic mass is 16.2. The third-order valence-electron chi connectivity index (χ3n) is 2.54. The maximum atomic E-state index is 12.0. The fourth-order valence-corrected chi connectivity index (χ4v) is 1.71. The molecule has 1 heterocycles. The van der Waals surface area contributed by atoms with Crippen molar-refractivity contribution in [2.24, 2.45) is 17.9 Å². The molecular weight excluding hydrogens is 232 g/mol. The van der Waals surface area contributed by atoms with Crippen LogP contribution in [-0.4, -0.2) is 16.8 Å². The van der Waals surface area contributed by atoms with E-state index in [0.29, 0.717) is 5.56 Å². The molecule has 1 aromatic heterocycles. The molecule has 0 bridgehead atoms. The van der Waals surface area contributed by atoms with Gasteiger partial charge in [-0.2, -0.15) is 5.10 Å². The minimum absolute atomic E-state index is 0.191. The van der Waals surface area contributed by atoms with Crippen molar-refractivity contribution in [2.45, 2.75) is 0 Å². The molecule has 3 N–H and O–H groups in total. The number of aryl methyl sites for hydroxylation is 1. The van der Waals surface area contributed by atoms with Crippen molar-refractivity contribution in [3.05, 3.63) is 46.2 Å². The van der Waals surface area contributed by atoms with E-state index in [1.165, 1.54) is 10.8 Å². The summed E-state index contributed by atoms with van der Waals surface area (Å²) < 4.78 is 1.53. The molecule has 0 saturated heterocycles. The van der Waals surface area contributed by atoms with Crippen LogP contribution in [0.15, 0.2) is 40.2 Å². The first-order valence-electron chi connectivity index (χ1n) is 5.27. The highest BCUT2D eigenvalue weighted by Crippen LogP contribution is 2.11. The van der Waals surface area contributed by atoms with Crippen LogP contribution >= 0.6 is 0 Å². The fourth-order valence-electron chi connectivity index (χ4n) is 1.71. The van der Waals surface area contributed by atoms with Gasteiger partial charge in [0.25, 0.3) is 5.56 Å². The van der Waals surface area contributed by atoms with E-state index in [-0.39, 0.29) is 5.56 Å². The summed E-state index contributed by atoms with van der Waals surface area (Å²) in [6.07, 6.45) is 1.28. The second-order valence-corrected chi connectivity index (χ2v) is 3.76. The van der Waals surface area contributed by atoms with Crippen molar-refractivity contribution in [3.8, 4) is 0 Å². The molecule has 92 valence electrons. The Hall–Kier alpha value is -2.63. The fraction of sp³-hybridized carbons (Fsp3) is 0.0833. The van der Waals surface area contributed by atoms with Crippen LogP contribution in [-0.2, 0) is 7.05 Å². The molecule has 0 aliphatic heterocycles. The molecule has 0 unspecified atom stereocenters. The topological polar surface area (TPSA) is 89.5 Å². The van der Waals surface area contributed by atoms with Gasteiger partial charge in [-0.15, -0.1) is 0 Å². The summed E-state index contributed by atoms with van der Waals surface area (Å²) in [5.41, 5.74) is 7.94. The molecule has 0 spiro atoms. The zero-order chi connectivity index (χ0) is 13.1. The number of aromatic nitrogens is 1. The van der Waals surface area contributed by atoms with Gasteiger partial charge in [-0.3, -0.25) is 4.79 Å². The Bertz CT molecular complexity index is 688. The number of hydrogen-bond acceptors (Lipinski definition) is 3. The van der Waals surface area contributed by atoms with Gasteiger partial charge >= 0.3 is 6.03 Å². The molecule has 0 fully saturated rings. The first kappa shape index (κ1) is 11.8. The van der Waals surface area contributed by atoms with Gasteiger partial charge in [0.05, 0.1) is 17.3 Å². The standard InChI is InChI=1S/C12H12N4O2/c1-16-10-5-3-2-4-8(10)6-9(11(16)17)7-14-15-12(13)18/h2-7H,1H3,(H3,13,15,18)/b14-7+. The van der Waals surface area contributed by atoms with Gasteiger partial charge in [-0.05, 0) is 17.5 Å². The van der Waals surface area contributed by atoms with Crippen LogP contribution in [0.3, 0.4) is 0 Å². The van der Waals surface area contributed by atoms with Crippen LogP contribution in [0, 0.1) is 0 Å². The molecule has 0 radical (unpaired) electrons. The summed E-state index contributed by atoms with van der Waals surface area (Å²) in [5.74, 6) is 0. The number of carbonyl (C=O) groups is 1. The maximum absolute atomic E-state index is 12.0. The molecule has 0 atom stereocenters. The molecule has 6 nitrogen and oxygen atoms in total. The summed E-state index contributed by atoms with van der Waals surface area (Å²) in [7, 11) is 1.68. The van der Waals surface area contributed by atoms with E-state index in [1.807, 2.05) is 29.7 Å². The minimum atomic E-state index is -0.774. The number of amides is 2. The molecule has 2 rings (SSSR count). The second kappa shape index (κ2) is 4.70. The summed E-state index contributed by atoms with van der Waals surface area (Å²) in [6.45, 7) is 0. The SMILES string of the molecule is Cn1c(=O)c(/C=N/NC(N)=O)cc2ccccc21. The van der Waals surface area contributed by atoms with E-state index < -0.39 is 6.03 Å². The second-order valence-electron chi connectivity index (χ2n) is 3.76. The molecule has 1 aromatic carbocycles. The number of primary amides is 1. The smallest absolute Gasteiger partial charge is 0.332 e. The number of urea groups is 1. The number of nitrogens with two attached hydrogens (primary N) is 1. The number of fused-ring (bicyclic) bond motifs is 1. The van der Waals surface area contributed by atoms with E-state index in [9.17, 15) is 9.59 Å². The summed E-state index contributed by atoms with van der Waals surface area (Å²) in [4.78, 5) is 22.5. The van der Waals surface area contributed by atoms with Crippen molar-refractivity contribution in [1.82, 2.24) is 9.99 Å². The summed E-state index contributed by atoms with van der Waals surface area (Å²) in [6, 6.07) is 8.44. The number of nitrogens with one attached hydrogen (secondary N) is 1. The van der Waals surface area contributed by atoms with E-state index in [2.05, 4.69) is 5.10 Å². The number of nitrogens with zero attached hydrogens (tertiary/aromatic N) is 2. The van der Waals surface area contributed by atoms with Gasteiger partial charge < -0.3 is 10.3 Å². The average Bonchev–Trinajstić information content (AvgIpc) is 2.35. The van der Waals surface area contributed by atoms with E-state index in [1.54, 1.807) is 13.1 Å². The lowest BCUT2D eigenvalue weighted by molar-refractivity contribution is 0.249. The predicted octanol–water partition coefficient (Wildman–Crippen LogP) is 0.541. The van der Waals surface area contributed by atoms with Gasteiger partial charge in [0.2, 0.25) is 0 Å². The Kier molecular flexibility index (Phi) is 3.09. The number of benzene rings is 1. The van der Waals surface area contributed by atoms with E-state index in [0.717, 1.165) is 10.9 Å². The van der Waals surface area contributed by atoms with Crippen molar-refractivity contribution in [3.63, 3.8) is 0 Å². The number of hydrazone groups is 1. The largest absolute Gasteiger partial charge is 0.350 e. The van der Waals surface area contributed by atoms with Crippen molar-refractivity contribution >= 4 is 23.1 Å². The lowest BCUT2D eigenvalue weighted by Crippen LogP contribution is -2.26.